The number of ether oxygens (including phenoxy) is 3. The molecule has 2 aliphatic rings. The summed E-state index contributed by atoms with van der Waals surface area (Å²) in [5.41, 5.74) is 0. The molecule has 2 fully saturated rings. The van der Waals surface area contributed by atoms with E-state index in [0.717, 1.165) is 19.4 Å². The average molecular weight is 258 g/mol. The van der Waals surface area contributed by atoms with Crippen LogP contribution in [0.3, 0.4) is 0 Å². The fourth-order valence-corrected chi connectivity index (χ4v) is 2.50. The van der Waals surface area contributed by atoms with Gasteiger partial charge in [-0.3, -0.25) is 0 Å². The molecule has 2 rings (SSSR count). The molecule has 0 amide bonds. The lowest BCUT2D eigenvalue weighted by Crippen LogP contribution is -2.43. The quantitative estimate of drug-likeness (QED) is 0.755. The molecule has 2 aliphatic heterocycles. The summed E-state index contributed by atoms with van der Waals surface area (Å²) in [6.45, 7) is 13.5. The van der Waals surface area contributed by atoms with Crippen molar-refractivity contribution in [2.45, 2.75) is 84.9 Å². The summed E-state index contributed by atoms with van der Waals surface area (Å²) in [5.74, 6) is 0.208. The van der Waals surface area contributed by atoms with Gasteiger partial charge in [-0.1, -0.05) is 34.1 Å². The van der Waals surface area contributed by atoms with Gasteiger partial charge in [-0.25, -0.2) is 0 Å². The van der Waals surface area contributed by atoms with Crippen molar-refractivity contribution in [3.8, 4) is 0 Å². The Hall–Kier alpha value is -0.120. The monoisotopic (exact) mass is 258 g/mol. The molecule has 18 heavy (non-hydrogen) atoms. The van der Waals surface area contributed by atoms with Gasteiger partial charge in [0.25, 0.3) is 0 Å². The molecule has 3 heteroatoms. The molecule has 0 spiro atoms. The van der Waals surface area contributed by atoms with E-state index in [4.69, 9.17) is 14.2 Å². The van der Waals surface area contributed by atoms with E-state index >= 15 is 0 Å². The van der Waals surface area contributed by atoms with Gasteiger partial charge in [-0.15, -0.1) is 0 Å². The Kier molecular flexibility index (Phi) is 6.09. The summed E-state index contributed by atoms with van der Waals surface area (Å²) in [6.07, 6.45) is 3.85. The third-order valence-corrected chi connectivity index (χ3v) is 3.03. The lowest BCUT2D eigenvalue weighted by Gasteiger charge is -2.32. The zero-order valence-corrected chi connectivity index (χ0v) is 12.9. The zero-order chi connectivity index (χ0) is 13.8. The van der Waals surface area contributed by atoms with Gasteiger partial charge >= 0.3 is 0 Å². The lowest BCUT2D eigenvalue weighted by atomic mass is 9.95. The Morgan fingerprint density at radius 3 is 2.33 bits per heavy atom. The van der Waals surface area contributed by atoms with Gasteiger partial charge in [0.05, 0.1) is 12.2 Å². The summed E-state index contributed by atoms with van der Waals surface area (Å²) >= 11 is 0. The van der Waals surface area contributed by atoms with Crippen LogP contribution >= 0.6 is 0 Å². The molecule has 0 aromatic heterocycles. The van der Waals surface area contributed by atoms with Gasteiger partial charge in [0.1, 0.15) is 6.10 Å². The van der Waals surface area contributed by atoms with Crippen molar-refractivity contribution in [1.82, 2.24) is 0 Å². The van der Waals surface area contributed by atoms with Gasteiger partial charge in [0.15, 0.2) is 5.79 Å². The molecule has 0 saturated carbocycles. The summed E-state index contributed by atoms with van der Waals surface area (Å²) < 4.78 is 17.6. The Bertz CT molecular complexity index is 238. The molecule has 0 aromatic rings. The summed E-state index contributed by atoms with van der Waals surface area (Å²) in [4.78, 5) is 0. The third-order valence-electron chi connectivity index (χ3n) is 3.03. The molecule has 2 heterocycles. The summed E-state index contributed by atoms with van der Waals surface area (Å²) in [7, 11) is 0. The van der Waals surface area contributed by atoms with Crippen molar-refractivity contribution < 1.29 is 14.2 Å². The van der Waals surface area contributed by atoms with Crippen LogP contribution in [0, 0.1) is 5.92 Å². The molecule has 0 bridgehead atoms. The van der Waals surface area contributed by atoms with E-state index in [0.29, 0.717) is 5.92 Å². The smallest absolute Gasteiger partial charge is 0.163 e. The number of hydrogen-bond donors (Lipinski definition) is 0. The fourth-order valence-electron chi connectivity index (χ4n) is 2.50. The van der Waals surface area contributed by atoms with Crippen molar-refractivity contribution in [3.63, 3.8) is 0 Å². The summed E-state index contributed by atoms with van der Waals surface area (Å²) in [6, 6.07) is 0. The van der Waals surface area contributed by atoms with Crippen molar-refractivity contribution in [2.24, 2.45) is 5.92 Å². The molecule has 0 aliphatic carbocycles. The van der Waals surface area contributed by atoms with E-state index in [-0.39, 0.29) is 18.3 Å². The van der Waals surface area contributed by atoms with E-state index in [9.17, 15) is 0 Å². The standard InChI is InChI=1S/C12H22O3.C3H8/c1-8(2)7-10-11-9(5-6-13-10)14-12(3,4)15-11;1-3-2/h8-11H,5-7H2,1-4H3;3H2,1-2H3. The second-order valence-corrected chi connectivity index (χ2v) is 6.17. The highest BCUT2D eigenvalue weighted by Crippen LogP contribution is 2.36. The zero-order valence-electron chi connectivity index (χ0n) is 12.9. The molecule has 3 atom stereocenters. The molecule has 0 aromatic carbocycles. The van der Waals surface area contributed by atoms with Crippen LogP contribution in [0.15, 0.2) is 0 Å². The Balaban J connectivity index is 0.000000492. The van der Waals surface area contributed by atoms with Gasteiger partial charge in [0, 0.05) is 6.61 Å². The van der Waals surface area contributed by atoms with Gasteiger partial charge in [0.2, 0.25) is 0 Å². The van der Waals surface area contributed by atoms with Crippen LogP contribution in [0.2, 0.25) is 0 Å². The molecular weight excluding hydrogens is 228 g/mol. The molecule has 0 N–H and O–H groups in total. The van der Waals surface area contributed by atoms with Crippen LogP contribution in [-0.4, -0.2) is 30.7 Å². The van der Waals surface area contributed by atoms with Crippen molar-refractivity contribution in [3.05, 3.63) is 0 Å². The topological polar surface area (TPSA) is 27.7 Å². The fraction of sp³-hybridized carbons (Fsp3) is 1.00. The average Bonchev–Trinajstić information content (AvgIpc) is 2.54. The second kappa shape index (κ2) is 6.88. The first-order chi connectivity index (χ1) is 8.39. The number of rotatable bonds is 2. The lowest BCUT2D eigenvalue weighted by molar-refractivity contribution is -0.155. The highest BCUT2D eigenvalue weighted by atomic mass is 16.8. The van der Waals surface area contributed by atoms with E-state index < -0.39 is 5.79 Å². The Morgan fingerprint density at radius 2 is 1.78 bits per heavy atom. The minimum atomic E-state index is -0.432. The van der Waals surface area contributed by atoms with Crippen LogP contribution in [0.25, 0.3) is 0 Å². The van der Waals surface area contributed by atoms with Crippen LogP contribution in [-0.2, 0) is 14.2 Å². The maximum absolute atomic E-state index is 5.92. The van der Waals surface area contributed by atoms with E-state index in [1.54, 1.807) is 0 Å². The molecular formula is C15H30O3. The molecule has 0 radical (unpaired) electrons. The second-order valence-electron chi connectivity index (χ2n) is 6.17. The largest absolute Gasteiger partial charge is 0.375 e. The Labute approximate surface area is 112 Å². The summed E-state index contributed by atoms with van der Waals surface area (Å²) in [5, 5.41) is 0. The van der Waals surface area contributed by atoms with E-state index in [1.165, 1.54) is 6.42 Å². The Morgan fingerprint density at radius 1 is 1.17 bits per heavy atom. The minimum absolute atomic E-state index is 0.135. The van der Waals surface area contributed by atoms with Gasteiger partial charge < -0.3 is 14.2 Å². The van der Waals surface area contributed by atoms with Crippen LogP contribution in [0.5, 0.6) is 0 Å². The number of fused-ring (bicyclic) bond motifs is 1. The van der Waals surface area contributed by atoms with E-state index in [2.05, 4.69) is 27.7 Å². The molecule has 108 valence electrons. The maximum Gasteiger partial charge on any atom is 0.163 e. The first-order valence-corrected chi connectivity index (χ1v) is 7.36. The van der Waals surface area contributed by atoms with E-state index in [1.807, 2.05) is 13.8 Å². The molecule has 3 unspecified atom stereocenters. The third kappa shape index (κ3) is 4.52. The highest BCUT2D eigenvalue weighted by molar-refractivity contribution is 4.90. The first kappa shape index (κ1) is 15.9. The highest BCUT2D eigenvalue weighted by Gasteiger charge is 2.47. The SMILES string of the molecule is CC(C)CC1OCCC2OC(C)(C)OC12.CCC. The number of hydrogen-bond acceptors (Lipinski definition) is 3. The first-order valence-electron chi connectivity index (χ1n) is 7.36. The predicted molar refractivity (Wildman–Crippen MR) is 73.6 cm³/mol. The normalized spacial score (nSPS) is 33.8. The maximum atomic E-state index is 5.92. The van der Waals surface area contributed by atoms with Crippen LogP contribution < -0.4 is 0 Å². The van der Waals surface area contributed by atoms with Crippen molar-refractivity contribution in [2.75, 3.05) is 6.61 Å². The predicted octanol–water partition coefficient (Wildman–Crippen LogP) is 3.76. The van der Waals surface area contributed by atoms with Crippen LogP contribution in [0.4, 0.5) is 0 Å². The van der Waals surface area contributed by atoms with Crippen molar-refractivity contribution in [1.29, 1.82) is 0 Å². The van der Waals surface area contributed by atoms with Crippen LogP contribution in [0.1, 0.15) is 60.8 Å². The minimum Gasteiger partial charge on any atom is -0.375 e. The van der Waals surface area contributed by atoms with Crippen molar-refractivity contribution >= 4 is 0 Å². The van der Waals surface area contributed by atoms with Gasteiger partial charge in [-0.2, -0.15) is 0 Å². The van der Waals surface area contributed by atoms with Gasteiger partial charge in [-0.05, 0) is 32.6 Å². The molecule has 2 saturated heterocycles. The molecule has 3 nitrogen and oxygen atoms in total.